The highest BCUT2D eigenvalue weighted by molar-refractivity contribution is 9.10. The Labute approximate surface area is 135 Å². The van der Waals surface area contributed by atoms with Crippen LogP contribution in [0.4, 0.5) is 11.4 Å². The molecule has 1 heterocycles. The van der Waals surface area contributed by atoms with Crippen LogP contribution in [0.25, 0.3) is 0 Å². The molecule has 0 aliphatic rings. The molecule has 0 bridgehead atoms. The molecule has 20 heavy (non-hydrogen) atoms. The van der Waals surface area contributed by atoms with Crippen LogP contribution in [0.1, 0.15) is 10.5 Å². The minimum absolute atomic E-state index is 0.139. The van der Waals surface area contributed by atoms with E-state index in [1.807, 2.05) is 50.4 Å². The van der Waals surface area contributed by atoms with Crippen LogP contribution < -0.4 is 10.2 Å². The fourth-order valence-electron chi connectivity index (χ4n) is 1.93. The van der Waals surface area contributed by atoms with Crippen LogP contribution in [-0.4, -0.2) is 24.6 Å². The molecular formula is C14H15Br2N3O. The number of halogens is 2. The van der Waals surface area contributed by atoms with Gasteiger partial charge in [-0.2, -0.15) is 0 Å². The molecule has 0 atom stereocenters. The molecule has 0 saturated heterocycles. The van der Waals surface area contributed by atoms with Crippen LogP contribution in [0.2, 0.25) is 0 Å². The third-order valence-electron chi connectivity index (χ3n) is 2.89. The predicted octanol–water partition coefficient (Wildman–Crippen LogP) is 3.87. The number of hydrogen-bond acceptors (Lipinski definition) is 2. The first-order chi connectivity index (χ1) is 9.38. The van der Waals surface area contributed by atoms with Crippen molar-refractivity contribution in [2.75, 3.05) is 24.3 Å². The van der Waals surface area contributed by atoms with Gasteiger partial charge in [-0.1, -0.05) is 15.9 Å². The number of rotatable bonds is 3. The van der Waals surface area contributed by atoms with Gasteiger partial charge in [0.15, 0.2) is 0 Å². The summed E-state index contributed by atoms with van der Waals surface area (Å²) in [6.45, 7) is 0. The normalized spacial score (nSPS) is 10.4. The number of carbonyl (C=O) groups is 1. The van der Waals surface area contributed by atoms with E-state index in [-0.39, 0.29) is 5.91 Å². The minimum Gasteiger partial charge on any atom is -0.376 e. The quantitative estimate of drug-likeness (QED) is 0.848. The Morgan fingerprint density at radius 3 is 2.45 bits per heavy atom. The summed E-state index contributed by atoms with van der Waals surface area (Å²) in [5, 5.41) is 2.95. The molecule has 0 saturated carbocycles. The molecule has 0 aliphatic carbocycles. The third kappa shape index (κ3) is 3.24. The molecule has 0 aliphatic heterocycles. The summed E-state index contributed by atoms with van der Waals surface area (Å²) in [5.74, 6) is -0.139. The van der Waals surface area contributed by atoms with Crippen LogP contribution in [0.15, 0.2) is 39.4 Å². The molecule has 0 fully saturated rings. The standard InChI is InChI=1S/C14H15Br2N3O/c1-18(2)12-5-4-9(15)6-11(12)17-14(20)13-7-10(16)8-19(13)3/h4-8H,1-3H3,(H,17,20). The average molecular weight is 401 g/mol. The molecule has 1 aromatic carbocycles. The van der Waals surface area contributed by atoms with Crippen LogP contribution in [-0.2, 0) is 7.05 Å². The lowest BCUT2D eigenvalue weighted by atomic mass is 10.2. The minimum atomic E-state index is -0.139. The van der Waals surface area contributed by atoms with E-state index in [2.05, 4.69) is 37.2 Å². The first-order valence-corrected chi connectivity index (χ1v) is 7.57. The van der Waals surface area contributed by atoms with Crippen molar-refractivity contribution in [1.29, 1.82) is 0 Å². The van der Waals surface area contributed by atoms with E-state index in [4.69, 9.17) is 0 Å². The van der Waals surface area contributed by atoms with Gasteiger partial charge >= 0.3 is 0 Å². The summed E-state index contributed by atoms with van der Waals surface area (Å²) in [7, 11) is 5.73. The molecule has 1 amide bonds. The highest BCUT2D eigenvalue weighted by Gasteiger charge is 2.14. The van der Waals surface area contributed by atoms with Crippen LogP contribution in [0, 0.1) is 0 Å². The summed E-state index contributed by atoms with van der Waals surface area (Å²) >= 11 is 6.80. The Hall–Kier alpha value is -1.27. The predicted molar refractivity (Wildman–Crippen MR) is 89.5 cm³/mol. The zero-order chi connectivity index (χ0) is 14.9. The molecule has 106 valence electrons. The van der Waals surface area contributed by atoms with Crippen molar-refractivity contribution < 1.29 is 4.79 Å². The fourth-order valence-corrected chi connectivity index (χ4v) is 2.82. The van der Waals surface area contributed by atoms with Crippen molar-refractivity contribution in [3.8, 4) is 0 Å². The topological polar surface area (TPSA) is 37.3 Å². The summed E-state index contributed by atoms with van der Waals surface area (Å²) < 4.78 is 3.59. The van der Waals surface area contributed by atoms with Crippen molar-refractivity contribution in [2.24, 2.45) is 7.05 Å². The number of benzene rings is 1. The number of carbonyl (C=O) groups excluding carboxylic acids is 1. The maximum Gasteiger partial charge on any atom is 0.272 e. The van der Waals surface area contributed by atoms with Gasteiger partial charge in [-0.05, 0) is 40.2 Å². The maximum atomic E-state index is 12.3. The fraction of sp³-hybridized carbons (Fsp3) is 0.214. The molecular weight excluding hydrogens is 386 g/mol. The largest absolute Gasteiger partial charge is 0.376 e. The smallest absolute Gasteiger partial charge is 0.272 e. The van der Waals surface area contributed by atoms with Crippen LogP contribution >= 0.6 is 31.9 Å². The van der Waals surface area contributed by atoms with E-state index < -0.39 is 0 Å². The van der Waals surface area contributed by atoms with Gasteiger partial charge in [-0.15, -0.1) is 0 Å². The molecule has 1 N–H and O–H groups in total. The molecule has 2 rings (SSSR count). The molecule has 1 aromatic heterocycles. The summed E-state index contributed by atoms with van der Waals surface area (Å²) in [6.07, 6.45) is 1.85. The Bertz CT molecular complexity index is 650. The van der Waals surface area contributed by atoms with Gasteiger partial charge in [0, 0.05) is 36.3 Å². The first-order valence-electron chi connectivity index (χ1n) is 5.98. The highest BCUT2D eigenvalue weighted by atomic mass is 79.9. The zero-order valence-corrected chi connectivity index (χ0v) is 14.6. The van der Waals surface area contributed by atoms with Crippen molar-refractivity contribution in [3.63, 3.8) is 0 Å². The molecule has 0 spiro atoms. The summed E-state index contributed by atoms with van der Waals surface area (Å²) in [4.78, 5) is 14.3. The number of nitrogens with one attached hydrogen (secondary N) is 1. The first kappa shape index (κ1) is 15.1. The van der Waals surface area contributed by atoms with E-state index in [9.17, 15) is 4.79 Å². The van der Waals surface area contributed by atoms with Gasteiger partial charge in [-0.3, -0.25) is 4.79 Å². The zero-order valence-electron chi connectivity index (χ0n) is 11.4. The van der Waals surface area contributed by atoms with Crippen molar-refractivity contribution in [3.05, 3.63) is 45.1 Å². The van der Waals surface area contributed by atoms with Gasteiger partial charge in [0.1, 0.15) is 5.69 Å². The molecule has 0 unspecified atom stereocenters. The SMILES string of the molecule is CN(C)c1ccc(Br)cc1NC(=O)c1cc(Br)cn1C. The lowest BCUT2D eigenvalue weighted by Crippen LogP contribution is -2.18. The van der Waals surface area contributed by atoms with Gasteiger partial charge in [-0.25, -0.2) is 0 Å². The second kappa shape index (κ2) is 6.01. The highest BCUT2D eigenvalue weighted by Crippen LogP contribution is 2.28. The van der Waals surface area contributed by atoms with E-state index in [0.717, 1.165) is 20.3 Å². The maximum absolute atomic E-state index is 12.3. The number of hydrogen-bond donors (Lipinski definition) is 1. The monoisotopic (exact) mass is 399 g/mol. The Morgan fingerprint density at radius 1 is 1.20 bits per heavy atom. The van der Waals surface area contributed by atoms with E-state index in [1.165, 1.54) is 0 Å². The molecule has 0 radical (unpaired) electrons. The number of nitrogens with zero attached hydrogens (tertiary/aromatic N) is 2. The van der Waals surface area contributed by atoms with E-state index >= 15 is 0 Å². The number of amides is 1. The Balaban J connectivity index is 2.32. The van der Waals surface area contributed by atoms with Gasteiger partial charge in [0.05, 0.1) is 11.4 Å². The Kier molecular flexibility index (Phi) is 4.55. The van der Waals surface area contributed by atoms with Gasteiger partial charge in [0.25, 0.3) is 5.91 Å². The lowest BCUT2D eigenvalue weighted by molar-refractivity contribution is 0.101. The second-order valence-electron chi connectivity index (χ2n) is 4.66. The van der Waals surface area contributed by atoms with Crippen molar-refractivity contribution >= 4 is 49.1 Å². The van der Waals surface area contributed by atoms with Crippen molar-refractivity contribution in [2.45, 2.75) is 0 Å². The second-order valence-corrected chi connectivity index (χ2v) is 6.50. The molecule has 6 heteroatoms. The Morgan fingerprint density at radius 2 is 1.90 bits per heavy atom. The lowest BCUT2D eigenvalue weighted by Gasteiger charge is -2.18. The summed E-state index contributed by atoms with van der Waals surface area (Å²) in [5.41, 5.74) is 2.32. The van der Waals surface area contributed by atoms with Crippen LogP contribution in [0.5, 0.6) is 0 Å². The van der Waals surface area contributed by atoms with Crippen molar-refractivity contribution in [1.82, 2.24) is 4.57 Å². The van der Waals surface area contributed by atoms with Gasteiger partial charge < -0.3 is 14.8 Å². The van der Waals surface area contributed by atoms with Gasteiger partial charge in [0.2, 0.25) is 0 Å². The third-order valence-corrected chi connectivity index (χ3v) is 3.82. The number of aryl methyl sites for hydroxylation is 1. The van der Waals surface area contributed by atoms with Crippen LogP contribution in [0.3, 0.4) is 0 Å². The number of aromatic nitrogens is 1. The van der Waals surface area contributed by atoms with E-state index in [0.29, 0.717) is 5.69 Å². The molecule has 4 nitrogen and oxygen atoms in total. The average Bonchev–Trinajstić information content (AvgIpc) is 2.68. The molecule has 2 aromatic rings. The number of anilines is 2. The van der Waals surface area contributed by atoms with E-state index in [1.54, 1.807) is 10.6 Å². The summed E-state index contributed by atoms with van der Waals surface area (Å²) in [6, 6.07) is 7.60.